The van der Waals surface area contributed by atoms with Crippen molar-refractivity contribution in [2.75, 3.05) is 13.2 Å². The molecule has 3 nitrogen and oxygen atoms in total. The molecule has 0 saturated heterocycles. The maximum atomic E-state index is 9.53. The summed E-state index contributed by atoms with van der Waals surface area (Å²) in [6.45, 7) is 3.10. The van der Waals surface area contributed by atoms with Crippen LogP contribution in [0.25, 0.3) is 0 Å². The van der Waals surface area contributed by atoms with Gasteiger partial charge >= 0.3 is 0 Å². The lowest BCUT2D eigenvalue weighted by atomic mass is 9.99. The number of rotatable bonds is 7. The van der Waals surface area contributed by atoms with Gasteiger partial charge in [0, 0.05) is 18.2 Å². The minimum atomic E-state index is -0.147. The Morgan fingerprint density at radius 1 is 1.11 bits per heavy atom. The smallest absolute Gasteiger partial charge is 0.0611 e. The van der Waals surface area contributed by atoms with Crippen molar-refractivity contribution >= 4 is 0 Å². The number of nitrogens with one attached hydrogen (secondary N) is 1. The highest BCUT2D eigenvalue weighted by Crippen LogP contribution is 2.25. The van der Waals surface area contributed by atoms with E-state index in [1.165, 1.54) is 51.4 Å². The molecule has 2 aliphatic carbocycles. The van der Waals surface area contributed by atoms with Crippen molar-refractivity contribution < 1.29 is 9.84 Å². The first-order valence-corrected chi connectivity index (χ1v) is 7.72. The summed E-state index contributed by atoms with van der Waals surface area (Å²) in [5.41, 5.74) is -0.147. The molecule has 1 unspecified atom stereocenters. The lowest BCUT2D eigenvalue weighted by Gasteiger charge is -2.29. The maximum absolute atomic E-state index is 9.53. The summed E-state index contributed by atoms with van der Waals surface area (Å²) < 4.78 is 6.01. The van der Waals surface area contributed by atoms with Crippen molar-refractivity contribution in [3.63, 3.8) is 0 Å². The molecule has 0 aromatic carbocycles. The monoisotopic (exact) mass is 255 g/mol. The third-order valence-electron chi connectivity index (χ3n) is 4.29. The topological polar surface area (TPSA) is 41.5 Å². The van der Waals surface area contributed by atoms with Crippen LogP contribution >= 0.6 is 0 Å². The molecule has 2 aliphatic rings. The van der Waals surface area contributed by atoms with E-state index in [-0.39, 0.29) is 12.1 Å². The predicted octanol–water partition coefficient (Wildman–Crippen LogP) is 2.62. The van der Waals surface area contributed by atoms with Gasteiger partial charge in [0.2, 0.25) is 0 Å². The molecule has 0 radical (unpaired) electrons. The zero-order valence-corrected chi connectivity index (χ0v) is 11.8. The quantitative estimate of drug-likeness (QED) is 0.687. The Labute approximate surface area is 111 Å². The van der Waals surface area contributed by atoms with Crippen LogP contribution in [0, 0.1) is 0 Å². The molecule has 0 amide bonds. The van der Waals surface area contributed by atoms with E-state index in [1.54, 1.807) is 0 Å². The van der Waals surface area contributed by atoms with Crippen molar-refractivity contribution in [3.05, 3.63) is 0 Å². The molecule has 0 aromatic heterocycles. The Morgan fingerprint density at radius 3 is 2.33 bits per heavy atom. The maximum Gasteiger partial charge on any atom is 0.0611 e. The third-order valence-corrected chi connectivity index (χ3v) is 4.29. The summed E-state index contributed by atoms with van der Waals surface area (Å²) in [5, 5.41) is 13.1. The van der Waals surface area contributed by atoms with Gasteiger partial charge in [0.1, 0.15) is 0 Å². The first-order chi connectivity index (χ1) is 8.72. The van der Waals surface area contributed by atoms with Gasteiger partial charge in [-0.3, -0.25) is 0 Å². The standard InChI is InChI=1S/C15H29NO2/c1-15(12-17,16-13-8-9-13)10-11-18-14-6-4-2-3-5-7-14/h13-14,16-17H,2-12H2,1H3. The van der Waals surface area contributed by atoms with Gasteiger partial charge in [-0.1, -0.05) is 25.7 Å². The van der Waals surface area contributed by atoms with Gasteiger partial charge in [-0.25, -0.2) is 0 Å². The van der Waals surface area contributed by atoms with Crippen LogP contribution < -0.4 is 5.32 Å². The van der Waals surface area contributed by atoms with E-state index in [2.05, 4.69) is 12.2 Å². The summed E-state index contributed by atoms with van der Waals surface area (Å²) in [4.78, 5) is 0. The van der Waals surface area contributed by atoms with Gasteiger partial charge in [0.25, 0.3) is 0 Å². The fourth-order valence-electron chi connectivity index (χ4n) is 2.78. The summed E-state index contributed by atoms with van der Waals surface area (Å²) >= 11 is 0. The minimum absolute atomic E-state index is 0.147. The molecule has 0 bridgehead atoms. The molecule has 2 N–H and O–H groups in total. The van der Waals surface area contributed by atoms with Crippen LogP contribution in [0.1, 0.15) is 64.7 Å². The summed E-state index contributed by atoms with van der Waals surface area (Å²) in [6, 6.07) is 0.639. The SMILES string of the molecule is CC(CO)(CCOC1CCCCCC1)NC1CC1. The fourth-order valence-corrected chi connectivity index (χ4v) is 2.78. The summed E-state index contributed by atoms with van der Waals surface area (Å²) in [7, 11) is 0. The molecule has 0 heterocycles. The van der Waals surface area contributed by atoms with Gasteiger partial charge in [0.15, 0.2) is 0 Å². The van der Waals surface area contributed by atoms with E-state index < -0.39 is 0 Å². The number of aliphatic hydroxyl groups excluding tert-OH is 1. The molecular formula is C15H29NO2. The number of hydrogen-bond acceptors (Lipinski definition) is 3. The molecule has 2 fully saturated rings. The second kappa shape index (κ2) is 6.88. The number of ether oxygens (including phenoxy) is 1. The zero-order chi connectivity index (χ0) is 12.8. The normalized spacial score (nSPS) is 25.7. The predicted molar refractivity (Wildman–Crippen MR) is 73.7 cm³/mol. The van der Waals surface area contributed by atoms with Crippen LogP contribution in [-0.2, 0) is 4.74 Å². The molecule has 106 valence electrons. The first-order valence-electron chi connectivity index (χ1n) is 7.72. The Morgan fingerprint density at radius 2 is 1.78 bits per heavy atom. The van der Waals surface area contributed by atoms with Crippen LogP contribution in [0.2, 0.25) is 0 Å². The molecule has 3 heteroatoms. The Hall–Kier alpha value is -0.120. The highest BCUT2D eigenvalue weighted by Gasteiger charge is 2.31. The highest BCUT2D eigenvalue weighted by atomic mass is 16.5. The average molecular weight is 255 g/mol. The second-order valence-electron chi connectivity index (χ2n) is 6.37. The third kappa shape index (κ3) is 4.87. The molecular weight excluding hydrogens is 226 g/mol. The van der Waals surface area contributed by atoms with E-state index in [0.717, 1.165) is 13.0 Å². The molecule has 2 saturated carbocycles. The van der Waals surface area contributed by atoms with Crippen molar-refractivity contribution in [2.45, 2.75) is 82.4 Å². The Bertz CT molecular complexity index is 235. The van der Waals surface area contributed by atoms with Gasteiger partial charge in [-0.05, 0) is 39.0 Å². The van der Waals surface area contributed by atoms with Crippen LogP contribution in [0.15, 0.2) is 0 Å². The van der Waals surface area contributed by atoms with E-state index >= 15 is 0 Å². The molecule has 1 atom stereocenters. The molecule has 18 heavy (non-hydrogen) atoms. The Kier molecular flexibility index (Phi) is 5.46. The number of hydrogen-bond donors (Lipinski definition) is 2. The first kappa shape index (κ1) is 14.3. The fraction of sp³-hybridized carbons (Fsp3) is 1.00. The highest BCUT2D eigenvalue weighted by molar-refractivity contribution is 4.92. The molecule has 0 spiro atoms. The van der Waals surface area contributed by atoms with Gasteiger partial charge < -0.3 is 15.2 Å². The summed E-state index contributed by atoms with van der Waals surface area (Å²) in [5.74, 6) is 0. The molecule has 2 rings (SSSR count). The Balaban J connectivity index is 1.65. The largest absolute Gasteiger partial charge is 0.394 e. The van der Waals surface area contributed by atoms with Crippen molar-refractivity contribution in [1.29, 1.82) is 0 Å². The van der Waals surface area contributed by atoms with Crippen LogP contribution in [0.5, 0.6) is 0 Å². The zero-order valence-electron chi connectivity index (χ0n) is 11.8. The van der Waals surface area contributed by atoms with Crippen molar-refractivity contribution in [3.8, 4) is 0 Å². The number of aliphatic hydroxyl groups is 1. The van der Waals surface area contributed by atoms with Gasteiger partial charge in [0.05, 0.1) is 12.7 Å². The van der Waals surface area contributed by atoms with Crippen molar-refractivity contribution in [1.82, 2.24) is 5.32 Å². The minimum Gasteiger partial charge on any atom is -0.394 e. The molecule has 0 aromatic rings. The van der Waals surface area contributed by atoms with E-state index in [0.29, 0.717) is 12.1 Å². The van der Waals surface area contributed by atoms with Crippen molar-refractivity contribution in [2.24, 2.45) is 0 Å². The van der Waals surface area contributed by atoms with Crippen LogP contribution in [-0.4, -0.2) is 36.0 Å². The van der Waals surface area contributed by atoms with Crippen LogP contribution in [0.4, 0.5) is 0 Å². The second-order valence-corrected chi connectivity index (χ2v) is 6.37. The van der Waals surface area contributed by atoms with Crippen LogP contribution in [0.3, 0.4) is 0 Å². The van der Waals surface area contributed by atoms with Gasteiger partial charge in [-0.2, -0.15) is 0 Å². The molecule has 0 aliphatic heterocycles. The van der Waals surface area contributed by atoms with E-state index in [4.69, 9.17) is 4.74 Å². The average Bonchev–Trinajstić information content (AvgIpc) is 3.17. The van der Waals surface area contributed by atoms with E-state index in [9.17, 15) is 5.11 Å². The lowest BCUT2D eigenvalue weighted by Crippen LogP contribution is -2.47. The summed E-state index contributed by atoms with van der Waals surface area (Å²) in [6.07, 6.45) is 11.8. The lowest BCUT2D eigenvalue weighted by molar-refractivity contribution is 0.0227. The van der Waals surface area contributed by atoms with Gasteiger partial charge in [-0.15, -0.1) is 0 Å². The van der Waals surface area contributed by atoms with E-state index in [1.807, 2.05) is 0 Å².